The van der Waals surface area contributed by atoms with Gasteiger partial charge in [0.2, 0.25) is 0 Å². The van der Waals surface area contributed by atoms with Gasteiger partial charge in [-0.25, -0.2) is 4.57 Å². The molecule has 0 aliphatic heterocycles. The van der Waals surface area contributed by atoms with Crippen LogP contribution in [0.25, 0.3) is 0 Å². The van der Waals surface area contributed by atoms with Crippen LogP contribution in [0.5, 0.6) is 0 Å². The Morgan fingerprint density at radius 2 is 0.826 bits per heavy atom. The lowest BCUT2D eigenvalue weighted by molar-refractivity contribution is 0.275. The second-order valence-electron chi connectivity index (χ2n) is 5.47. The van der Waals surface area contributed by atoms with Crippen molar-refractivity contribution in [2.45, 2.75) is 67.5 Å². The second-order valence-corrected chi connectivity index (χ2v) is 17.5. The molecule has 0 radical (unpaired) electrons. The Morgan fingerprint density at radius 3 is 1.09 bits per heavy atom. The highest BCUT2D eigenvalue weighted by atomic mass is 79.9. The second kappa shape index (κ2) is 11.1. The zero-order valence-corrected chi connectivity index (χ0v) is 22.7. The van der Waals surface area contributed by atoms with Gasteiger partial charge in [0.25, 0.3) is 0 Å². The SMILES string of the molecule is BrC1(Br)CCCCCCCCCC(Br)(Br)C1(Br)Br.O=P(O)(O)O. The van der Waals surface area contributed by atoms with Crippen molar-refractivity contribution >= 4 is 103 Å². The first kappa shape index (κ1) is 26.0. The summed E-state index contributed by atoms with van der Waals surface area (Å²) in [5.41, 5.74) is 0. The highest BCUT2D eigenvalue weighted by molar-refractivity contribution is 9.33. The molecule has 1 aliphatic rings. The molecule has 23 heavy (non-hydrogen) atoms. The summed E-state index contributed by atoms with van der Waals surface area (Å²) >= 11 is 23.1. The largest absolute Gasteiger partial charge is 0.466 e. The van der Waals surface area contributed by atoms with E-state index in [-0.39, 0.29) is 9.70 Å². The molecular weight excluding hydrogens is 719 g/mol. The molecule has 0 aromatic heterocycles. The van der Waals surface area contributed by atoms with Gasteiger partial charge in [0.1, 0.15) is 9.70 Å². The van der Waals surface area contributed by atoms with E-state index in [9.17, 15) is 0 Å². The monoisotopic (exact) mass is 734 g/mol. The van der Waals surface area contributed by atoms with Crippen LogP contribution in [-0.4, -0.2) is 24.4 Å². The van der Waals surface area contributed by atoms with Gasteiger partial charge in [-0.3, -0.25) is 0 Å². The van der Waals surface area contributed by atoms with Crippen molar-refractivity contribution in [3.8, 4) is 0 Å². The van der Waals surface area contributed by atoms with Crippen molar-refractivity contribution in [1.82, 2.24) is 0 Å². The summed E-state index contributed by atoms with van der Waals surface area (Å²) in [6, 6.07) is 0. The minimum Gasteiger partial charge on any atom is -0.303 e. The fourth-order valence-corrected chi connectivity index (χ4v) is 6.49. The molecule has 0 heterocycles. The molecule has 0 spiro atoms. The predicted molar refractivity (Wildman–Crippen MR) is 118 cm³/mol. The number of alkyl halides is 6. The summed E-state index contributed by atoms with van der Waals surface area (Å²) in [6.07, 6.45) is 11.3. The molecule has 11 heteroatoms. The molecule has 3 N–H and O–H groups in total. The fraction of sp³-hybridized carbons (Fsp3) is 1.00. The maximum atomic E-state index is 8.88. The van der Waals surface area contributed by atoms with Gasteiger partial charge in [-0.1, -0.05) is 141 Å². The van der Waals surface area contributed by atoms with Crippen LogP contribution in [0.3, 0.4) is 0 Å². The highest BCUT2D eigenvalue weighted by Crippen LogP contribution is 2.63. The third-order valence-electron chi connectivity index (χ3n) is 3.40. The van der Waals surface area contributed by atoms with Gasteiger partial charge in [0.05, 0.1) is 0 Å². The molecule has 140 valence electrons. The average molecular weight is 740 g/mol. The van der Waals surface area contributed by atoms with Crippen LogP contribution in [0.4, 0.5) is 0 Å². The quantitative estimate of drug-likeness (QED) is 0.184. The van der Waals surface area contributed by atoms with E-state index in [4.69, 9.17) is 19.2 Å². The Hall–Kier alpha value is 2.99. The Labute approximate surface area is 188 Å². The Kier molecular flexibility index (Phi) is 12.5. The summed E-state index contributed by atoms with van der Waals surface area (Å²) in [4.78, 5) is 21.6. The van der Waals surface area contributed by atoms with Crippen molar-refractivity contribution in [1.29, 1.82) is 0 Å². The van der Waals surface area contributed by atoms with Crippen LogP contribution in [0.15, 0.2) is 0 Å². The molecule has 1 fully saturated rings. The van der Waals surface area contributed by atoms with E-state index in [1.54, 1.807) is 0 Å². The summed E-state index contributed by atoms with van der Waals surface area (Å²) in [5.74, 6) is 0. The molecule has 0 saturated heterocycles. The number of rotatable bonds is 0. The Bertz CT molecular complexity index is 367. The number of phosphoric acid groups is 1. The molecule has 0 aromatic rings. The first-order valence-corrected chi connectivity index (χ1v) is 13.4. The molecule has 1 aliphatic carbocycles. The van der Waals surface area contributed by atoms with Crippen molar-refractivity contribution in [3.63, 3.8) is 0 Å². The van der Waals surface area contributed by atoms with Gasteiger partial charge >= 0.3 is 7.82 Å². The maximum absolute atomic E-state index is 8.88. The molecule has 1 rings (SSSR count). The van der Waals surface area contributed by atoms with Crippen molar-refractivity contribution in [2.24, 2.45) is 0 Å². The molecule has 0 bridgehead atoms. The van der Waals surface area contributed by atoms with Gasteiger partial charge in [-0.15, -0.1) is 0 Å². The van der Waals surface area contributed by atoms with E-state index in [0.29, 0.717) is 0 Å². The van der Waals surface area contributed by atoms with E-state index in [1.165, 1.54) is 44.9 Å². The minimum atomic E-state index is -4.64. The lowest BCUT2D eigenvalue weighted by atomic mass is 10.0. The molecule has 0 aromatic carbocycles. The third kappa shape index (κ3) is 10.8. The van der Waals surface area contributed by atoms with Gasteiger partial charge in [-0.05, 0) is 12.8 Å². The van der Waals surface area contributed by atoms with E-state index in [0.717, 1.165) is 12.8 Å². The van der Waals surface area contributed by atoms with E-state index in [1.807, 2.05) is 0 Å². The van der Waals surface area contributed by atoms with Gasteiger partial charge in [0.15, 0.2) is 0 Å². The third-order valence-corrected chi connectivity index (χ3v) is 14.3. The zero-order chi connectivity index (χ0) is 18.4. The standard InChI is InChI=1S/C12H18Br6.H3O4P/c13-10(14)8-6-4-2-1-3-5-7-9-11(15,16)12(10,17)18;1-5(2,3)4/h1-9H2;(H3,1,2,3,4). The molecule has 1 saturated carbocycles. The first-order chi connectivity index (χ1) is 10.2. The van der Waals surface area contributed by atoms with Crippen LogP contribution in [-0.2, 0) is 4.57 Å². The molecule has 0 atom stereocenters. The van der Waals surface area contributed by atoms with Crippen molar-refractivity contribution in [3.05, 3.63) is 0 Å². The number of hydrogen-bond acceptors (Lipinski definition) is 1. The van der Waals surface area contributed by atoms with Crippen LogP contribution in [0, 0.1) is 0 Å². The number of halogens is 6. The smallest absolute Gasteiger partial charge is 0.303 e. The lowest BCUT2D eigenvalue weighted by Gasteiger charge is -2.44. The topological polar surface area (TPSA) is 77.8 Å². The Morgan fingerprint density at radius 1 is 0.609 bits per heavy atom. The van der Waals surface area contributed by atoms with E-state index >= 15 is 0 Å². The molecular formula is C12H21Br6O4P. The zero-order valence-electron chi connectivity index (χ0n) is 12.3. The lowest BCUT2D eigenvalue weighted by Crippen LogP contribution is -2.47. The highest BCUT2D eigenvalue weighted by Gasteiger charge is 2.56. The molecule has 4 nitrogen and oxygen atoms in total. The van der Waals surface area contributed by atoms with Crippen molar-refractivity contribution < 1.29 is 19.2 Å². The van der Waals surface area contributed by atoms with E-state index in [2.05, 4.69) is 95.6 Å². The normalized spacial score (nSPS) is 25.3. The van der Waals surface area contributed by atoms with Gasteiger partial charge < -0.3 is 14.7 Å². The summed E-state index contributed by atoms with van der Waals surface area (Å²) in [7, 11) is -4.64. The molecule has 0 amide bonds. The summed E-state index contributed by atoms with van der Waals surface area (Å²) in [6.45, 7) is 0. The average Bonchev–Trinajstić information content (AvgIpc) is 2.33. The summed E-state index contributed by atoms with van der Waals surface area (Å²) < 4.78 is 8.23. The summed E-state index contributed by atoms with van der Waals surface area (Å²) in [5, 5.41) is 0. The van der Waals surface area contributed by atoms with Crippen LogP contribution >= 0.6 is 103 Å². The maximum Gasteiger partial charge on any atom is 0.466 e. The minimum absolute atomic E-state index is 0.181. The van der Waals surface area contributed by atoms with Crippen LogP contribution < -0.4 is 0 Å². The molecule has 0 unspecified atom stereocenters. The predicted octanol–water partition coefficient (Wildman–Crippen LogP) is 7.04. The van der Waals surface area contributed by atoms with Gasteiger partial charge in [0, 0.05) is 0 Å². The van der Waals surface area contributed by atoms with Crippen LogP contribution in [0.1, 0.15) is 57.8 Å². The fourth-order valence-electron chi connectivity index (χ4n) is 2.16. The van der Waals surface area contributed by atoms with Crippen molar-refractivity contribution in [2.75, 3.05) is 0 Å². The first-order valence-electron chi connectivity index (χ1n) is 7.12. The van der Waals surface area contributed by atoms with E-state index < -0.39 is 7.82 Å². The Balaban J connectivity index is 0.000000841. The number of hydrogen-bond donors (Lipinski definition) is 3. The van der Waals surface area contributed by atoms with Crippen LogP contribution in [0.2, 0.25) is 0 Å². The van der Waals surface area contributed by atoms with Gasteiger partial charge in [-0.2, -0.15) is 0 Å².